The van der Waals surface area contributed by atoms with E-state index in [1.807, 2.05) is 0 Å². The van der Waals surface area contributed by atoms with Crippen molar-refractivity contribution in [1.82, 2.24) is 10.6 Å². The molecule has 2 N–H and O–H groups in total. The lowest BCUT2D eigenvalue weighted by atomic mass is 10.1. The van der Waals surface area contributed by atoms with Crippen molar-refractivity contribution >= 4 is 28.0 Å². The van der Waals surface area contributed by atoms with E-state index in [1.165, 1.54) is 11.1 Å². The summed E-state index contributed by atoms with van der Waals surface area (Å²) in [6, 6.07) is 11.4. The summed E-state index contributed by atoms with van der Waals surface area (Å²) in [6.45, 7) is 2.39. The number of guanidine groups is 1. The second-order valence-corrected chi connectivity index (χ2v) is 7.09. The summed E-state index contributed by atoms with van der Waals surface area (Å²) in [4.78, 5) is 17.4. The predicted molar refractivity (Wildman–Crippen MR) is 106 cm³/mol. The fourth-order valence-corrected chi connectivity index (χ4v) is 3.88. The van der Waals surface area contributed by atoms with Crippen LogP contribution in [0.25, 0.3) is 0 Å². The van der Waals surface area contributed by atoms with E-state index in [4.69, 9.17) is 0 Å². The Bertz CT molecular complexity index is 755. The van der Waals surface area contributed by atoms with E-state index in [-0.39, 0.29) is 10.6 Å². The molecule has 2 aromatic rings. The highest BCUT2D eigenvalue weighted by molar-refractivity contribution is 7.14. The molecule has 7 nitrogen and oxygen atoms in total. The van der Waals surface area contributed by atoms with Gasteiger partial charge in [0.05, 0.1) is 9.92 Å². The van der Waals surface area contributed by atoms with Gasteiger partial charge in [-0.05, 0) is 30.4 Å². The van der Waals surface area contributed by atoms with Crippen LogP contribution in [0.3, 0.4) is 0 Å². The molecule has 0 unspecified atom stereocenters. The molecule has 0 aliphatic carbocycles. The lowest BCUT2D eigenvalue weighted by Crippen LogP contribution is -2.48. The lowest BCUT2D eigenvalue weighted by Gasteiger charge is -2.33. The van der Waals surface area contributed by atoms with Crippen LogP contribution in [0.2, 0.25) is 0 Å². The van der Waals surface area contributed by atoms with Gasteiger partial charge in [0.25, 0.3) is 5.69 Å². The molecule has 0 spiro atoms. The molecule has 0 radical (unpaired) electrons. The molecule has 0 amide bonds. The molecule has 1 aliphatic rings. The first-order valence-corrected chi connectivity index (χ1v) is 9.53. The van der Waals surface area contributed by atoms with Gasteiger partial charge in [-0.25, -0.2) is 0 Å². The number of hydrogen-bond donors (Lipinski definition) is 2. The Morgan fingerprint density at radius 2 is 2.08 bits per heavy atom. The number of nitro groups is 1. The summed E-state index contributed by atoms with van der Waals surface area (Å²) in [7, 11) is 1.72. The van der Waals surface area contributed by atoms with Gasteiger partial charge >= 0.3 is 0 Å². The first-order valence-electron chi connectivity index (χ1n) is 8.65. The molecule has 138 valence electrons. The van der Waals surface area contributed by atoms with Gasteiger partial charge < -0.3 is 15.5 Å². The summed E-state index contributed by atoms with van der Waals surface area (Å²) < 4.78 is 0. The predicted octanol–water partition coefficient (Wildman–Crippen LogP) is 2.99. The minimum atomic E-state index is -0.354. The standard InChI is InChI=1S/C18H23N5O2S/c1-19-18(20-13-14-5-2-3-6-16(14)23(24)25)21-15-8-10-22(11-9-15)17-7-4-12-26-17/h2-7,12,15H,8-11,13H2,1H3,(H2,19,20,21). The number of nitrogens with zero attached hydrogens (tertiary/aromatic N) is 3. The zero-order valence-electron chi connectivity index (χ0n) is 14.7. The molecular formula is C18H23N5O2S. The van der Waals surface area contributed by atoms with Crippen molar-refractivity contribution in [3.63, 3.8) is 0 Å². The molecular weight excluding hydrogens is 350 g/mol. The number of piperidine rings is 1. The number of rotatable bonds is 5. The van der Waals surface area contributed by atoms with Crippen LogP contribution in [-0.2, 0) is 6.54 Å². The topological polar surface area (TPSA) is 82.8 Å². The first-order chi connectivity index (χ1) is 12.7. The number of para-hydroxylation sites is 1. The highest BCUT2D eigenvalue weighted by Crippen LogP contribution is 2.24. The van der Waals surface area contributed by atoms with Crippen LogP contribution in [0.1, 0.15) is 18.4 Å². The van der Waals surface area contributed by atoms with Crippen LogP contribution in [0.4, 0.5) is 10.7 Å². The van der Waals surface area contributed by atoms with E-state index in [0.717, 1.165) is 25.9 Å². The zero-order valence-corrected chi connectivity index (χ0v) is 15.5. The molecule has 3 rings (SSSR count). The molecule has 1 aromatic carbocycles. The van der Waals surface area contributed by atoms with Crippen molar-refractivity contribution in [3.8, 4) is 0 Å². The second kappa shape index (κ2) is 8.66. The average Bonchev–Trinajstić information content (AvgIpc) is 3.20. The Morgan fingerprint density at radius 1 is 1.31 bits per heavy atom. The van der Waals surface area contributed by atoms with Crippen LogP contribution in [0.5, 0.6) is 0 Å². The highest BCUT2D eigenvalue weighted by Gasteiger charge is 2.21. The van der Waals surface area contributed by atoms with Crippen LogP contribution < -0.4 is 15.5 Å². The molecule has 0 atom stereocenters. The largest absolute Gasteiger partial charge is 0.363 e. The molecule has 1 aliphatic heterocycles. The molecule has 0 saturated carbocycles. The minimum absolute atomic E-state index is 0.125. The van der Waals surface area contributed by atoms with Gasteiger partial charge in [0.2, 0.25) is 0 Å². The van der Waals surface area contributed by atoms with E-state index in [1.54, 1.807) is 36.6 Å². The van der Waals surface area contributed by atoms with Gasteiger partial charge in [-0.3, -0.25) is 15.1 Å². The summed E-state index contributed by atoms with van der Waals surface area (Å²) in [5.41, 5.74) is 0.771. The summed E-state index contributed by atoms with van der Waals surface area (Å²) in [5.74, 6) is 0.678. The number of nitro benzene ring substituents is 1. The Balaban J connectivity index is 1.51. The van der Waals surface area contributed by atoms with E-state index in [2.05, 4.69) is 38.0 Å². The van der Waals surface area contributed by atoms with Crippen molar-refractivity contribution in [2.75, 3.05) is 25.0 Å². The van der Waals surface area contributed by atoms with Crippen molar-refractivity contribution in [2.24, 2.45) is 4.99 Å². The van der Waals surface area contributed by atoms with E-state index >= 15 is 0 Å². The molecule has 1 saturated heterocycles. The van der Waals surface area contributed by atoms with Crippen LogP contribution in [0, 0.1) is 10.1 Å². The van der Waals surface area contributed by atoms with Crippen molar-refractivity contribution in [2.45, 2.75) is 25.4 Å². The summed E-state index contributed by atoms with van der Waals surface area (Å²) >= 11 is 1.77. The van der Waals surface area contributed by atoms with Gasteiger partial charge in [-0.2, -0.15) is 0 Å². The molecule has 1 fully saturated rings. The smallest absolute Gasteiger partial charge is 0.274 e. The molecule has 2 heterocycles. The third-order valence-electron chi connectivity index (χ3n) is 4.51. The molecule has 0 bridgehead atoms. The Labute approximate surface area is 156 Å². The SMILES string of the molecule is CN=C(NCc1ccccc1[N+](=O)[O-])NC1CCN(c2cccs2)CC1. The first kappa shape index (κ1) is 18.2. The van der Waals surface area contributed by atoms with Crippen molar-refractivity contribution in [1.29, 1.82) is 0 Å². The number of thiophene rings is 1. The van der Waals surface area contributed by atoms with E-state index in [0.29, 0.717) is 24.1 Å². The Hall–Kier alpha value is -2.61. The van der Waals surface area contributed by atoms with Crippen molar-refractivity contribution in [3.05, 3.63) is 57.5 Å². The van der Waals surface area contributed by atoms with Crippen LogP contribution in [0.15, 0.2) is 46.8 Å². The number of nitrogens with one attached hydrogen (secondary N) is 2. The fourth-order valence-electron chi connectivity index (χ4n) is 3.10. The summed E-state index contributed by atoms with van der Waals surface area (Å²) in [6.07, 6.45) is 2.06. The van der Waals surface area contributed by atoms with Gasteiger partial charge in [0, 0.05) is 44.4 Å². The number of benzene rings is 1. The molecule has 8 heteroatoms. The van der Waals surface area contributed by atoms with Crippen molar-refractivity contribution < 1.29 is 4.92 Å². The van der Waals surface area contributed by atoms with Gasteiger partial charge in [0.15, 0.2) is 5.96 Å². The van der Waals surface area contributed by atoms with Gasteiger partial charge in [-0.1, -0.05) is 18.2 Å². The maximum atomic E-state index is 11.1. The Kier molecular flexibility index (Phi) is 6.06. The maximum Gasteiger partial charge on any atom is 0.274 e. The van der Waals surface area contributed by atoms with Gasteiger partial charge in [0.1, 0.15) is 0 Å². The Morgan fingerprint density at radius 3 is 2.73 bits per heavy atom. The quantitative estimate of drug-likeness (QED) is 0.364. The third-order valence-corrected chi connectivity index (χ3v) is 5.44. The fraction of sp³-hybridized carbons (Fsp3) is 0.389. The second-order valence-electron chi connectivity index (χ2n) is 6.17. The van der Waals surface area contributed by atoms with Crippen LogP contribution >= 0.6 is 11.3 Å². The molecule has 1 aromatic heterocycles. The van der Waals surface area contributed by atoms with Crippen LogP contribution in [-0.4, -0.2) is 37.1 Å². The summed E-state index contributed by atoms with van der Waals surface area (Å²) in [5, 5.41) is 21.2. The number of aliphatic imine (C=N–C) groups is 1. The minimum Gasteiger partial charge on any atom is -0.363 e. The van der Waals surface area contributed by atoms with E-state index in [9.17, 15) is 10.1 Å². The third kappa shape index (κ3) is 4.51. The normalized spacial score (nSPS) is 15.7. The van der Waals surface area contributed by atoms with E-state index < -0.39 is 0 Å². The zero-order chi connectivity index (χ0) is 18.4. The average molecular weight is 373 g/mol. The van der Waals surface area contributed by atoms with Gasteiger partial charge in [-0.15, -0.1) is 11.3 Å². The highest BCUT2D eigenvalue weighted by atomic mass is 32.1. The monoisotopic (exact) mass is 373 g/mol. The number of hydrogen-bond acceptors (Lipinski definition) is 5. The number of anilines is 1. The lowest BCUT2D eigenvalue weighted by molar-refractivity contribution is -0.385. The molecule has 26 heavy (non-hydrogen) atoms. The maximum absolute atomic E-state index is 11.1.